The molecular formula is C25H27N7O. The number of aryl methyl sites for hydroxylation is 2. The lowest BCUT2D eigenvalue weighted by Gasteiger charge is -2.18. The Balaban J connectivity index is 1.74. The van der Waals surface area contributed by atoms with Crippen molar-refractivity contribution >= 4 is 23.3 Å². The maximum absolute atomic E-state index is 10.2. The van der Waals surface area contributed by atoms with Gasteiger partial charge in [0.2, 0.25) is 5.95 Å². The van der Waals surface area contributed by atoms with E-state index in [1.807, 2.05) is 68.4 Å². The number of hydrogen-bond donors (Lipinski definition) is 5. The minimum Gasteiger partial charge on any atom is -0.507 e. The van der Waals surface area contributed by atoms with Gasteiger partial charge in [-0.25, -0.2) is 5.84 Å². The van der Waals surface area contributed by atoms with E-state index in [1.54, 1.807) is 12.4 Å². The Hall–Kier alpha value is -4.17. The Labute approximate surface area is 192 Å². The number of para-hydroxylation sites is 1. The van der Waals surface area contributed by atoms with E-state index in [0.717, 1.165) is 34.4 Å². The standard InChI is InChI=1S/C25H27N7O/c1-16-14-19(15-17(2)22(16)33)21-23(28-13-10-18-8-11-27-12-9-18)30-25(31-24(21)32-26)29-20-6-4-3-5-7-20/h3-9,11-12,14-15,33H,10,13,26H2,1-2H3,(H3,28,29,30,31,32). The van der Waals surface area contributed by atoms with E-state index in [1.165, 1.54) is 5.56 Å². The molecule has 0 fully saturated rings. The Morgan fingerprint density at radius 3 is 2.24 bits per heavy atom. The van der Waals surface area contributed by atoms with E-state index in [9.17, 15) is 5.11 Å². The summed E-state index contributed by atoms with van der Waals surface area (Å²) < 4.78 is 0. The van der Waals surface area contributed by atoms with Gasteiger partial charge in [-0.3, -0.25) is 4.98 Å². The van der Waals surface area contributed by atoms with Gasteiger partial charge in [-0.05, 0) is 78.9 Å². The number of aromatic nitrogens is 3. The average molecular weight is 442 g/mol. The summed E-state index contributed by atoms with van der Waals surface area (Å²) in [6.07, 6.45) is 4.37. The zero-order chi connectivity index (χ0) is 23.2. The summed E-state index contributed by atoms with van der Waals surface area (Å²) in [6.45, 7) is 4.38. The molecule has 0 bridgehead atoms. The summed E-state index contributed by atoms with van der Waals surface area (Å²) in [5.41, 5.74) is 7.88. The molecule has 0 amide bonds. The molecule has 4 aromatic rings. The van der Waals surface area contributed by atoms with Crippen LogP contribution in [-0.2, 0) is 6.42 Å². The largest absolute Gasteiger partial charge is 0.507 e. The SMILES string of the molecule is Cc1cc(-c2c(NN)nc(Nc3ccccc3)nc2NCCc2ccncc2)cc(C)c1O. The van der Waals surface area contributed by atoms with Crippen molar-refractivity contribution in [1.29, 1.82) is 0 Å². The molecule has 0 atom stereocenters. The summed E-state index contributed by atoms with van der Waals surface area (Å²) in [5, 5.41) is 16.9. The van der Waals surface area contributed by atoms with Gasteiger partial charge >= 0.3 is 0 Å². The van der Waals surface area contributed by atoms with Crippen LogP contribution in [-0.4, -0.2) is 26.6 Å². The summed E-state index contributed by atoms with van der Waals surface area (Å²) in [5.74, 6) is 7.69. The predicted octanol–water partition coefficient (Wildman–Crippen LogP) is 4.54. The van der Waals surface area contributed by atoms with Crippen molar-refractivity contribution in [3.05, 3.63) is 83.7 Å². The van der Waals surface area contributed by atoms with Crippen LogP contribution < -0.4 is 21.9 Å². The predicted molar refractivity (Wildman–Crippen MR) is 133 cm³/mol. The van der Waals surface area contributed by atoms with Gasteiger partial charge in [0, 0.05) is 24.6 Å². The zero-order valence-electron chi connectivity index (χ0n) is 18.6. The third-order valence-electron chi connectivity index (χ3n) is 5.31. The molecule has 0 radical (unpaired) electrons. The molecule has 33 heavy (non-hydrogen) atoms. The second-order valence-electron chi connectivity index (χ2n) is 7.75. The first kappa shape index (κ1) is 22.0. The van der Waals surface area contributed by atoms with Crippen molar-refractivity contribution < 1.29 is 5.11 Å². The van der Waals surface area contributed by atoms with E-state index < -0.39 is 0 Å². The number of hydrogen-bond acceptors (Lipinski definition) is 8. The molecule has 0 aliphatic heterocycles. The van der Waals surface area contributed by atoms with Crippen LogP contribution in [0.25, 0.3) is 11.1 Å². The molecule has 8 heteroatoms. The van der Waals surface area contributed by atoms with Gasteiger partial charge in [0.05, 0.1) is 5.56 Å². The fourth-order valence-corrected chi connectivity index (χ4v) is 3.65. The molecule has 2 heterocycles. The minimum atomic E-state index is 0.275. The van der Waals surface area contributed by atoms with Crippen LogP contribution in [0.1, 0.15) is 16.7 Å². The topological polar surface area (TPSA) is 121 Å². The minimum absolute atomic E-state index is 0.275. The highest BCUT2D eigenvalue weighted by atomic mass is 16.3. The number of hydrazine groups is 1. The molecule has 0 saturated carbocycles. The van der Waals surface area contributed by atoms with Crippen molar-refractivity contribution in [3.63, 3.8) is 0 Å². The molecule has 4 rings (SSSR count). The second-order valence-corrected chi connectivity index (χ2v) is 7.75. The van der Waals surface area contributed by atoms with Crippen molar-refractivity contribution in [2.24, 2.45) is 5.84 Å². The Morgan fingerprint density at radius 1 is 0.909 bits per heavy atom. The summed E-state index contributed by atoms with van der Waals surface area (Å²) in [4.78, 5) is 13.4. The quantitative estimate of drug-likeness (QED) is 0.200. The van der Waals surface area contributed by atoms with E-state index >= 15 is 0 Å². The first-order valence-corrected chi connectivity index (χ1v) is 10.7. The Kier molecular flexibility index (Phi) is 6.66. The van der Waals surface area contributed by atoms with Crippen LogP contribution in [0.15, 0.2) is 67.0 Å². The lowest BCUT2D eigenvalue weighted by atomic mass is 10.00. The number of phenolic OH excluding ortho intramolecular Hbond substituents is 1. The van der Waals surface area contributed by atoms with E-state index in [-0.39, 0.29) is 5.75 Å². The maximum Gasteiger partial charge on any atom is 0.231 e. The van der Waals surface area contributed by atoms with Gasteiger partial charge in [-0.1, -0.05) is 18.2 Å². The molecular weight excluding hydrogens is 414 g/mol. The number of anilines is 4. The van der Waals surface area contributed by atoms with Gasteiger partial charge < -0.3 is 21.2 Å². The van der Waals surface area contributed by atoms with Gasteiger partial charge in [0.1, 0.15) is 11.6 Å². The molecule has 0 aliphatic rings. The van der Waals surface area contributed by atoms with Crippen LogP contribution >= 0.6 is 0 Å². The van der Waals surface area contributed by atoms with Crippen molar-refractivity contribution in [2.45, 2.75) is 20.3 Å². The number of phenols is 1. The molecule has 8 nitrogen and oxygen atoms in total. The number of nitrogens with two attached hydrogens (primary N) is 1. The average Bonchev–Trinajstić information content (AvgIpc) is 2.83. The van der Waals surface area contributed by atoms with Crippen molar-refractivity contribution in [3.8, 4) is 16.9 Å². The van der Waals surface area contributed by atoms with Gasteiger partial charge in [-0.2, -0.15) is 9.97 Å². The van der Waals surface area contributed by atoms with Gasteiger partial charge in [0.25, 0.3) is 0 Å². The highest BCUT2D eigenvalue weighted by Gasteiger charge is 2.18. The number of nitrogens with zero attached hydrogens (tertiary/aromatic N) is 3. The smallest absolute Gasteiger partial charge is 0.231 e. The third-order valence-corrected chi connectivity index (χ3v) is 5.31. The molecule has 0 aliphatic carbocycles. The van der Waals surface area contributed by atoms with Crippen LogP contribution in [0.5, 0.6) is 5.75 Å². The number of aromatic hydroxyl groups is 1. The van der Waals surface area contributed by atoms with Crippen LogP contribution in [0.2, 0.25) is 0 Å². The van der Waals surface area contributed by atoms with Crippen molar-refractivity contribution in [2.75, 3.05) is 22.6 Å². The van der Waals surface area contributed by atoms with E-state index in [0.29, 0.717) is 24.1 Å². The first-order chi connectivity index (χ1) is 16.0. The summed E-state index contributed by atoms with van der Waals surface area (Å²) in [7, 11) is 0. The third kappa shape index (κ3) is 5.19. The van der Waals surface area contributed by atoms with Gasteiger partial charge in [-0.15, -0.1) is 0 Å². The Bertz CT molecular complexity index is 1210. The first-order valence-electron chi connectivity index (χ1n) is 10.7. The fourth-order valence-electron chi connectivity index (χ4n) is 3.65. The summed E-state index contributed by atoms with van der Waals surface area (Å²) in [6, 6.07) is 17.5. The van der Waals surface area contributed by atoms with Crippen LogP contribution in [0, 0.1) is 13.8 Å². The molecule has 0 saturated heterocycles. The lowest BCUT2D eigenvalue weighted by Crippen LogP contribution is -2.15. The summed E-state index contributed by atoms with van der Waals surface area (Å²) >= 11 is 0. The molecule has 0 unspecified atom stereocenters. The number of rotatable bonds is 8. The normalized spacial score (nSPS) is 10.6. The molecule has 2 aromatic carbocycles. The molecule has 2 aromatic heterocycles. The highest BCUT2D eigenvalue weighted by molar-refractivity contribution is 5.86. The van der Waals surface area contributed by atoms with E-state index in [2.05, 4.69) is 26.0 Å². The van der Waals surface area contributed by atoms with Crippen molar-refractivity contribution in [1.82, 2.24) is 15.0 Å². The number of nitrogen functional groups attached to an aromatic ring is 1. The number of nitrogens with one attached hydrogen (secondary N) is 3. The van der Waals surface area contributed by atoms with E-state index in [4.69, 9.17) is 10.8 Å². The number of pyridine rings is 1. The fraction of sp³-hybridized carbons (Fsp3) is 0.160. The van der Waals surface area contributed by atoms with Gasteiger partial charge in [0.15, 0.2) is 5.82 Å². The molecule has 168 valence electrons. The second kappa shape index (κ2) is 9.97. The maximum atomic E-state index is 10.2. The molecule has 0 spiro atoms. The Morgan fingerprint density at radius 2 is 1.58 bits per heavy atom. The van der Waals surface area contributed by atoms with Crippen LogP contribution in [0.3, 0.4) is 0 Å². The lowest BCUT2D eigenvalue weighted by molar-refractivity contribution is 0.467. The number of benzene rings is 2. The monoisotopic (exact) mass is 441 g/mol. The zero-order valence-corrected chi connectivity index (χ0v) is 18.6. The molecule has 6 N–H and O–H groups in total. The van der Waals surface area contributed by atoms with Crippen LogP contribution in [0.4, 0.5) is 23.3 Å². The highest BCUT2D eigenvalue weighted by Crippen LogP contribution is 2.37.